The Morgan fingerprint density at radius 3 is 2.45 bits per heavy atom. The maximum Gasteiger partial charge on any atom is 0.246 e. The number of benzene rings is 1. The van der Waals surface area contributed by atoms with Gasteiger partial charge in [0.05, 0.1) is 16.1 Å². The second kappa shape index (κ2) is 12.1. The van der Waals surface area contributed by atoms with E-state index in [9.17, 15) is 19.8 Å². The molecule has 2 atom stereocenters. The smallest absolute Gasteiger partial charge is 0.246 e. The summed E-state index contributed by atoms with van der Waals surface area (Å²) in [7, 11) is 0. The van der Waals surface area contributed by atoms with Crippen molar-refractivity contribution in [3.8, 4) is 0 Å². The van der Waals surface area contributed by atoms with Gasteiger partial charge >= 0.3 is 0 Å². The Hall–Kier alpha value is -1.25. The Morgan fingerprint density at radius 2 is 1.90 bits per heavy atom. The standard InChI is InChI=1S/C22H30Cl2N2O4S/c1-4-13(2)20(22(29)30)25-21(28)15-9-11-26(12-10-15)17(27)8-6-14-5-7-16(31-3)19(24)18(14)23/h5-8,13,15,20,22,29-30H,4,9-12H2,1-3H3,(H,25,28)/b8-6+/t13-,20-/m0/s1. The number of nitrogens with zero attached hydrogens (tertiary/aromatic N) is 1. The highest BCUT2D eigenvalue weighted by atomic mass is 35.5. The number of rotatable bonds is 8. The molecule has 9 heteroatoms. The second-order valence-electron chi connectivity index (χ2n) is 7.75. The second-order valence-corrected chi connectivity index (χ2v) is 9.36. The number of hydrogen-bond donors (Lipinski definition) is 3. The molecule has 1 aliphatic heterocycles. The van der Waals surface area contributed by atoms with Crippen molar-refractivity contribution in [2.45, 2.75) is 50.3 Å². The molecule has 0 bridgehead atoms. The molecule has 1 aromatic rings. The lowest BCUT2D eigenvalue weighted by Gasteiger charge is -2.33. The van der Waals surface area contributed by atoms with Crippen molar-refractivity contribution in [1.29, 1.82) is 0 Å². The van der Waals surface area contributed by atoms with Crippen molar-refractivity contribution < 1.29 is 19.8 Å². The number of hydrogen-bond acceptors (Lipinski definition) is 5. The number of aliphatic hydroxyl groups is 2. The molecular formula is C22H30Cl2N2O4S. The zero-order chi connectivity index (χ0) is 23.1. The van der Waals surface area contributed by atoms with Gasteiger partial charge in [-0.3, -0.25) is 9.59 Å². The summed E-state index contributed by atoms with van der Waals surface area (Å²) in [5.41, 5.74) is 0.672. The number of carbonyl (C=O) groups excluding carboxylic acids is 2. The summed E-state index contributed by atoms with van der Waals surface area (Å²) in [6, 6.07) is 2.99. The van der Waals surface area contributed by atoms with Gasteiger partial charge in [-0.05, 0) is 42.7 Å². The summed E-state index contributed by atoms with van der Waals surface area (Å²) in [5.74, 6) is -0.661. The average Bonchev–Trinajstić information content (AvgIpc) is 2.77. The molecule has 2 rings (SSSR count). The fourth-order valence-electron chi connectivity index (χ4n) is 3.51. The first-order valence-electron chi connectivity index (χ1n) is 10.3. The summed E-state index contributed by atoms with van der Waals surface area (Å²) in [6.45, 7) is 4.71. The summed E-state index contributed by atoms with van der Waals surface area (Å²) in [4.78, 5) is 27.7. The molecular weight excluding hydrogens is 459 g/mol. The molecule has 0 saturated carbocycles. The molecule has 1 heterocycles. The molecule has 1 aliphatic rings. The Balaban J connectivity index is 1.92. The van der Waals surface area contributed by atoms with E-state index in [1.807, 2.05) is 32.2 Å². The van der Waals surface area contributed by atoms with Crippen molar-refractivity contribution in [3.63, 3.8) is 0 Å². The van der Waals surface area contributed by atoms with Crippen molar-refractivity contribution in [1.82, 2.24) is 10.2 Å². The molecule has 1 saturated heterocycles. The highest BCUT2D eigenvalue weighted by Gasteiger charge is 2.31. The lowest BCUT2D eigenvalue weighted by atomic mass is 9.93. The molecule has 6 nitrogen and oxygen atoms in total. The minimum Gasteiger partial charge on any atom is -0.366 e. The fourth-order valence-corrected chi connectivity index (χ4v) is 4.68. The van der Waals surface area contributed by atoms with Gasteiger partial charge in [0.15, 0.2) is 6.29 Å². The van der Waals surface area contributed by atoms with Crippen LogP contribution in [0.25, 0.3) is 6.08 Å². The van der Waals surface area contributed by atoms with E-state index in [-0.39, 0.29) is 23.7 Å². The molecule has 31 heavy (non-hydrogen) atoms. The zero-order valence-corrected chi connectivity index (χ0v) is 20.3. The van der Waals surface area contributed by atoms with Gasteiger partial charge in [-0.2, -0.15) is 0 Å². The molecule has 2 amide bonds. The van der Waals surface area contributed by atoms with Crippen LogP contribution < -0.4 is 5.32 Å². The quantitative estimate of drug-likeness (QED) is 0.294. The number of likely N-dealkylation sites (tertiary alicyclic amines) is 1. The van der Waals surface area contributed by atoms with E-state index in [1.165, 1.54) is 17.8 Å². The Kier molecular flexibility index (Phi) is 10.2. The molecule has 1 fully saturated rings. The van der Waals surface area contributed by atoms with Gasteiger partial charge in [0.25, 0.3) is 0 Å². The first kappa shape index (κ1) is 26.0. The van der Waals surface area contributed by atoms with E-state index in [1.54, 1.807) is 11.0 Å². The van der Waals surface area contributed by atoms with Crippen molar-refractivity contribution in [2.24, 2.45) is 11.8 Å². The number of halogens is 2. The van der Waals surface area contributed by atoms with Crippen LogP contribution in [0.3, 0.4) is 0 Å². The van der Waals surface area contributed by atoms with Crippen LogP contribution in [0.5, 0.6) is 0 Å². The van der Waals surface area contributed by atoms with Gasteiger partial charge in [0, 0.05) is 30.0 Å². The topological polar surface area (TPSA) is 89.9 Å². The van der Waals surface area contributed by atoms with E-state index in [4.69, 9.17) is 23.2 Å². The summed E-state index contributed by atoms with van der Waals surface area (Å²) in [5, 5.41) is 22.8. The van der Waals surface area contributed by atoms with Gasteiger partial charge in [0.2, 0.25) is 11.8 Å². The Morgan fingerprint density at radius 1 is 1.26 bits per heavy atom. The third-order valence-electron chi connectivity index (χ3n) is 5.77. The first-order valence-corrected chi connectivity index (χ1v) is 12.3. The molecule has 0 spiro atoms. The van der Waals surface area contributed by atoms with Crippen LogP contribution in [0.2, 0.25) is 10.0 Å². The molecule has 0 aliphatic carbocycles. The minimum atomic E-state index is -1.60. The third kappa shape index (κ3) is 6.86. The molecule has 0 unspecified atom stereocenters. The van der Waals surface area contributed by atoms with Crippen LogP contribution in [0.1, 0.15) is 38.7 Å². The van der Waals surface area contributed by atoms with E-state index in [0.717, 1.165) is 11.3 Å². The lowest BCUT2D eigenvalue weighted by molar-refractivity contribution is -0.136. The molecule has 1 aromatic carbocycles. The highest BCUT2D eigenvalue weighted by molar-refractivity contribution is 7.98. The van der Waals surface area contributed by atoms with Gasteiger partial charge in [0.1, 0.15) is 0 Å². The van der Waals surface area contributed by atoms with Gasteiger partial charge in [-0.25, -0.2) is 0 Å². The van der Waals surface area contributed by atoms with E-state index >= 15 is 0 Å². The number of amides is 2. The van der Waals surface area contributed by atoms with Crippen LogP contribution in [0.15, 0.2) is 23.1 Å². The largest absolute Gasteiger partial charge is 0.366 e. The summed E-state index contributed by atoms with van der Waals surface area (Å²) < 4.78 is 0. The molecule has 0 aromatic heterocycles. The highest BCUT2D eigenvalue weighted by Crippen LogP contribution is 2.35. The predicted molar refractivity (Wildman–Crippen MR) is 126 cm³/mol. The third-order valence-corrected chi connectivity index (χ3v) is 7.56. The van der Waals surface area contributed by atoms with Crippen LogP contribution in [0, 0.1) is 11.8 Å². The number of carbonyl (C=O) groups is 2. The average molecular weight is 489 g/mol. The summed E-state index contributed by atoms with van der Waals surface area (Å²) >= 11 is 14.0. The maximum atomic E-state index is 12.6. The lowest BCUT2D eigenvalue weighted by Crippen LogP contribution is -2.51. The van der Waals surface area contributed by atoms with E-state index in [2.05, 4.69) is 5.32 Å². The number of thioether (sulfide) groups is 1. The Bertz CT molecular complexity index is 811. The van der Waals surface area contributed by atoms with Crippen LogP contribution >= 0.6 is 35.0 Å². The van der Waals surface area contributed by atoms with Crippen molar-refractivity contribution in [2.75, 3.05) is 19.3 Å². The summed E-state index contributed by atoms with van der Waals surface area (Å²) in [6.07, 6.45) is 5.20. The normalized spacial score (nSPS) is 17.2. The van der Waals surface area contributed by atoms with Gasteiger partial charge in [-0.15, -0.1) is 11.8 Å². The molecule has 0 radical (unpaired) electrons. The van der Waals surface area contributed by atoms with Crippen LogP contribution in [-0.4, -0.2) is 58.6 Å². The SMILES string of the molecule is CC[C@H](C)[C@H](NC(=O)C1CCN(C(=O)/C=C/c2ccc(SC)c(Cl)c2Cl)CC1)C(O)O. The maximum absolute atomic E-state index is 12.6. The van der Waals surface area contributed by atoms with E-state index < -0.39 is 12.3 Å². The monoisotopic (exact) mass is 488 g/mol. The predicted octanol–water partition coefficient (Wildman–Crippen LogP) is 3.81. The molecule has 172 valence electrons. The van der Waals surface area contributed by atoms with Crippen LogP contribution in [-0.2, 0) is 9.59 Å². The number of piperidine rings is 1. The number of nitrogens with one attached hydrogen (secondary N) is 1. The fraction of sp³-hybridized carbons (Fsp3) is 0.545. The molecule has 3 N–H and O–H groups in total. The Labute approximate surface area is 198 Å². The minimum absolute atomic E-state index is 0.0546. The zero-order valence-electron chi connectivity index (χ0n) is 18.0. The van der Waals surface area contributed by atoms with Crippen LogP contribution in [0.4, 0.5) is 0 Å². The van der Waals surface area contributed by atoms with Crippen molar-refractivity contribution >= 4 is 52.9 Å². The van der Waals surface area contributed by atoms with E-state index in [0.29, 0.717) is 41.5 Å². The van der Waals surface area contributed by atoms with Gasteiger partial charge in [-0.1, -0.05) is 49.5 Å². The van der Waals surface area contributed by atoms with Crippen molar-refractivity contribution in [3.05, 3.63) is 33.8 Å². The van der Waals surface area contributed by atoms with Gasteiger partial charge < -0.3 is 20.4 Å². The first-order chi connectivity index (χ1) is 14.7. The number of aliphatic hydroxyl groups excluding tert-OH is 1.